The van der Waals surface area contributed by atoms with Crippen LogP contribution in [0.3, 0.4) is 0 Å². The van der Waals surface area contributed by atoms with Gasteiger partial charge < -0.3 is 15.8 Å². The SMILES string of the molecule is CCC(=O)c1sc(NCCn2cc(C)cn2)c(OC)c1N. The molecule has 0 saturated carbocycles. The zero-order valence-corrected chi connectivity index (χ0v) is 13.3. The molecular formula is C14H20N4O2S. The molecule has 6 nitrogen and oxygen atoms in total. The molecule has 0 bridgehead atoms. The number of ketones is 1. The molecule has 3 N–H and O–H groups in total. The number of aryl methyl sites for hydroxylation is 1. The Bertz CT molecular complexity index is 633. The molecule has 0 amide bonds. The maximum Gasteiger partial charge on any atom is 0.176 e. The summed E-state index contributed by atoms with van der Waals surface area (Å²) in [5.41, 5.74) is 7.54. The molecule has 0 aliphatic heterocycles. The van der Waals surface area contributed by atoms with Crippen LogP contribution in [0.4, 0.5) is 10.7 Å². The maximum atomic E-state index is 11.8. The largest absolute Gasteiger partial charge is 0.492 e. The van der Waals surface area contributed by atoms with Gasteiger partial charge in [-0.15, -0.1) is 11.3 Å². The van der Waals surface area contributed by atoms with Crippen LogP contribution in [-0.4, -0.2) is 29.2 Å². The molecule has 0 radical (unpaired) electrons. The minimum Gasteiger partial charge on any atom is -0.492 e. The number of carbonyl (C=O) groups is 1. The molecule has 0 saturated heterocycles. The van der Waals surface area contributed by atoms with Crippen LogP contribution in [0.25, 0.3) is 0 Å². The van der Waals surface area contributed by atoms with Gasteiger partial charge in [-0.25, -0.2) is 0 Å². The number of methoxy groups -OCH3 is 1. The normalized spacial score (nSPS) is 10.6. The number of carbonyl (C=O) groups excluding carboxylic acids is 1. The van der Waals surface area contributed by atoms with Crippen LogP contribution in [0.5, 0.6) is 5.75 Å². The summed E-state index contributed by atoms with van der Waals surface area (Å²) >= 11 is 1.34. The lowest BCUT2D eigenvalue weighted by atomic mass is 10.2. The van der Waals surface area contributed by atoms with Crippen molar-refractivity contribution in [2.24, 2.45) is 0 Å². The number of Topliss-reactive ketones (excluding diaryl/α,β-unsaturated/α-hetero) is 1. The lowest BCUT2D eigenvalue weighted by Crippen LogP contribution is -2.10. The first kappa shape index (κ1) is 15.4. The van der Waals surface area contributed by atoms with Crippen molar-refractivity contribution < 1.29 is 9.53 Å². The highest BCUT2D eigenvalue weighted by Crippen LogP contribution is 2.42. The first-order valence-electron chi connectivity index (χ1n) is 6.79. The average molecular weight is 308 g/mol. The van der Waals surface area contributed by atoms with E-state index in [1.807, 2.05) is 30.9 Å². The molecule has 7 heteroatoms. The van der Waals surface area contributed by atoms with Gasteiger partial charge in [-0.05, 0) is 12.5 Å². The fourth-order valence-corrected chi connectivity index (χ4v) is 3.11. The third-order valence-electron chi connectivity index (χ3n) is 3.07. The zero-order chi connectivity index (χ0) is 15.4. The van der Waals surface area contributed by atoms with Gasteiger partial charge in [0.15, 0.2) is 11.5 Å². The Balaban J connectivity index is 2.07. The topological polar surface area (TPSA) is 82.2 Å². The van der Waals surface area contributed by atoms with Crippen LogP contribution in [0.1, 0.15) is 28.6 Å². The Morgan fingerprint density at radius 2 is 2.33 bits per heavy atom. The molecule has 0 atom stereocenters. The summed E-state index contributed by atoms with van der Waals surface area (Å²) in [6, 6.07) is 0. The third-order valence-corrected chi connectivity index (χ3v) is 4.25. The zero-order valence-electron chi connectivity index (χ0n) is 12.5. The van der Waals surface area contributed by atoms with Gasteiger partial charge in [0, 0.05) is 19.2 Å². The number of nitrogens with one attached hydrogen (secondary N) is 1. The van der Waals surface area contributed by atoms with Gasteiger partial charge in [0.05, 0.1) is 30.4 Å². The van der Waals surface area contributed by atoms with Crippen molar-refractivity contribution in [1.29, 1.82) is 0 Å². The summed E-state index contributed by atoms with van der Waals surface area (Å²) in [5.74, 6) is 0.583. The van der Waals surface area contributed by atoms with Crippen LogP contribution in [-0.2, 0) is 6.54 Å². The highest BCUT2D eigenvalue weighted by atomic mass is 32.1. The number of aromatic nitrogens is 2. The second-order valence-electron chi connectivity index (χ2n) is 4.69. The number of thiophene rings is 1. The molecule has 2 heterocycles. The number of nitrogens with zero attached hydrogens (tertiary/aromatic N) is 2. The smallest absolute Gasteiger partial charge is 0.176 e. The molecule has 2 rings (SSSR count). The lowest BCUT2D eigenvalue weighted by Gasteiger charge is -2.07. The Labute approximate surface area is 127 Å². The minimum absolute atomic E-state index is 0.0338. The van der Waals surface area contributed by atoms with Gasteiger partial charge in [0.1, 0.15) is 5.00 Å². The molecule has 0 spiro atoms. The number of nitrogen functional groups attached to an aromatic ring is 1. The molecule has 0 unspecified atom stereocenters. The fraction of sp³-hybridized carbons (Fsp3) is 0.429. The summed E-state index contributed by atoms with van der Waals surface area (Å²) in [4.78, 5) is 12.4. The van der Waals surface area contributed by atoms with Crippen LogP contribution in [0.2, 0.25) is 0 Å². The average Bonchev–Trinajstić information content (AvgIpc) is 3.02. The Kier molecular flexibility index (Phi) is 4.85. The van der Waals surface area contributed by atoms with Gasteiger partial charge in [0.2, 0.25) is 0 Å². The summed E-state index contributed by atoms with van der Waals surface area (Å²) in [7, 11) is 1.56. The van der Waals surface area contributed by atoms with Gasteiger partial charge in [-0.2, -0.15) is 5.10 Å². The van der Waals surface area contributed by atoms with Crippen molar-refractivity contribution in [2.45, 2.75) is 26.8 Å². The van der Waals surface area contributed by atoms with Gasteiger partial charge >= 0.3 is 0 Å². The maximum absolute atomic E-state index is 11.8. The Morgan fingerprint density at radius 3 is 2.90 bits per heavy atom. The number of nitrogens with two attached hydrogens (primary N) is 1. The van der Waals surface area contributed by atoms with E-state index in [1.165, 1.54) is 11.3 Å². The van der Waals surface area contributed by atoms with Gasteiger partial charge in [-0.3, -0.25) is 9.48 Å². The molecule has 114 valence electrons. The monoisotopic (exact) mass is 308 g/mol. The van der Waals surface area contributed by atoms with Crippen molar-refractivity contribution in [1.82, 2.24) is 9.78 Å². The second kappa shape index (κ2) is 6.62. The lowest BCUT2D eigenvalue weighted by molar-refractivity contribution is 0.0992. The molecule has 2 aromatic rings. The number of ether oxygens (including phenoxy) is 1. The highest BCUT2D eigenvalue weighted by molar-refractivity contribution is 7.19. The van der Waals surface area contributed by atoms with Crippen molar-refractivity contribution in [3.63, 3.8) is 0 Å². The van der Waals surface area contributed by atoms with E-state index in [2.05, 4.69) is 10.4 Å². The van der Waals surface area contributed by atoms with E-state index in [1.54, 1.807) is 7.11 Å². The van der Waals surface area contributed by atoms with Crippen LogP contribution >= 0.6 is 11.3 Å². The third kappa shape index (κ3) is 3.36. The van der Waals surface area contributed by atoms with Gasteiger partial charge in [-0.1, -0.05) is 6.92 Å². The van der Waals surface area contributed by atoms with E-state index in [-0.39, 0.29) is 5.78 Å². The Hall–Kier alpha value is -2.02. The number of rotatable bonds is 7. The quantitative estimate of drug-likeness (QED) is 0.768. The molecule has 0 aromatic carbocycles. The summed E-state index contributed by atoms with van der Waals surface area (Å²) in [6.45, 7) is 5.23. The predicted molar refractivity (Wildman–Crippen MR) is 85.4 cm³/mol. The van der Waals surface area contributed by atoms with E-state index in [0.29, 0.717) is 29.3 Å². The fourth-order valence-electron chi connectivity index (χ4n) is 1.99. The first-order chi connectivity index (χ1) is 10.1. The standard InChI is InChI=1S/C14H20N4O2S/c1-4-10(19)13-11(15)12(20-3)14(21-13)16-5-6-18-8-9(2)7-17-18/h7-8,16H,4-6,15H2,1-3H3. The number of hydrogen-bond donors (Lipinski definition) is 2. The van der Waals surface area contributed by atoms with Crippen LogP contribution in [0, 0.1) is 6.92 Å². The predicted octanol–water partition coefficient (Wildman–Crippen LogP) is 2.55. The van der Waals surface area contributed by atoms with E-state index in [4.69, 9.17) is 10.5 Å². The molecule has 0 fully saturated rings. The van der Waals surface area contributed by atoms with Crippen LogP contribution < -0.4 is 15.8 Å². The number of hydrogen-bond acceptors (Lipinski definition) is 6. The summed E-state index contributed by atoms with van der Waals surface area (Å²) < 4.78 is 7.17. The van der Waals surface area contributed by atoms with Crippen molar-refractivity contribution >= 4 is 27.8 Å². The van der Waals surface area contributed by atoms with Crippen molar-refractivity contribution in [2.75, 3.05) is 24.7 Å². The number of anilines is 2. The molecule has 21 heavy (non-hydrogen) atoms. The van der Waals surface area contributed by atoms with Crippen LogP contribution in [0.15, 0.2) is 12.4 Å². The van der Waals surface area contributed by atoms with E-state index < -0.39 is 0 Å². The summed E-state index contributed by atoms with van der Waals surface area (Å²) in [6.07, 6.45) is 4.23. The molecule has 2 aromatic heterocycles. The summed E-state index contributed by atoms with van der Waals surface area (Å²) in [5, 5.41) is 8.27. The molecule has 0 aliphatic carbocycles. The van der Waals surface area contributed by atoms with Crippen molar-refractivity contribution in [3.05, 3.63) is 22.8 Å². The molecule has 0 aliphatic rings. The second-order valence-corrected chi connectivity index (χ2v) is 5.71. The highest BCUT2D eigenvalue weighted by Gasteiger charge is 2.20. The van der Waals surface area contributed by atoms with E-state index in [0.717, 1.165) is 17.1 Å². The Morgan fingerprint density at radius 1 is 1.57 bits per heavy atom. The minimum atomic E-state index is 0.0338. The molecular weight excluding hydrogens is 288 g/mol. The first-order valence-corrected chi connectivity index (χ1v) is 7.60. The van der Waals surface area contributed by atoms with E-state index >= 15 is 0 Å². The van der Waals surface area contributed by atoms with E-state index in [9.17, 15) is 4.79 Å². The van der Waals surface area contributed by atoms with Crippen molar-refractivity contribution in [3.8, 4) is 5.75 Å². The van der Waals surface area contributed by atoms with Gasteiger partial charge in [0.25, 0.3) is 0 Å².